The summed E-state index contributed by atoms with van der Waals surface area (Å²) < 4.78 is 17.5. The minimum Gasteiger partial charge on any atom is -0.494 e. The molecule has 1 aromatic carbocycles. The Morgan fingerprint density at radius 2 is 1.67 bits per heavy atom. The SMILES string of the molecule is C=S1(=O)CCN(C(=O)N2C[C@@H]3CN(c4ccc(OCC)cc4)C[C@@H]3C2)CC1. The average Bonchev–Trinajstić information content (AvgIpc) is 3.21. The summed E-state index contributed by atoms with van der Waals surface area (Å²) in [6.45, 7) is 7.46. The normalized spacial score (nSPS) is 26.9. The second-order valence-corrected chi connectivity index (χ2v) is 10.6. The molecule has 2 atom stereocenters. The van der Waals surface area contributed by atoms with Crippen molar-refractivity contribution in [2.45, 2.75) is 6.92 Å². The van der Waals surface area contributed by atoms with Crippen molar-refractivity contribution >= 4 is 27.1 Å². The number of urea groups is 1. The summed E-state index contributed by atoms with van der Waals surface area (Å²) in [5.74, 6) is 6.82. The molecular formula is C20H29N3O3S. The van der Waals surface area contributed by atoms with Crippen LogP contribution in [-0.2, 0) is 9.52 Å². The predicted octanol–water partition coefficient (Wildman–Crippen LogP) is 1.61. The molecule has 0 saturated carbocycles. The number of anilines is 1. The van der Waals surface area contributed by atoms with Crippen LogP contribution in [0.15, 0.2) is 24.3 Å². The lowest BCUT2D eigenvalue weighted by atomic mass is 10.0. The number of rotatable bonds is 3. The molecule has 3 heterocycles. The summed E-state index contributed by atoms with van der Waals surface area (Å²) in [6.07, 6.45) is 0. The Hall–Kier alpha value is -1.89. The van der Waals surface area contributed by atoms with Gasteiger partial charge >= 0.3 is 6.03 Å². The number of benzene rings is 1. The zero-order valence-corrected chi connectivity index (χ0v) is 16.8. The second kappa shape index (κ2) is 7.26. The van der Waals surface area contributed by atoms with Crippen LogP contribution < -0.4 is 9.64 Å². The van der Waals surface area contributed by atoms with Gasteiger partial charge in [0.15, 0.2) is 0 Å². The summed E-state index contributed by atoms with van der Waals surface area (Å²) in [5.41, 5.74) is 1.23. The zero-order chi connectivity index (χ0) is 19.0. The first-order chi connectivity index (χ1) is 12.9. The van der Waals surface area contributed by atoms with Crippen LogP contribution in [0.5, 0.6) is 5.75 Å². The van der Waals surface area contributed by atoms with Gasteiger partial charge in [-0.25, -0.2) is 4.79 Å². The fourth-order valence-corrected chi connectivity index (χ4v) is 5.75. The maximum Gasteiger partial charge on any atom is 0.320 e. The van der Waals surface area contributed by atoms with Crippen LogP contribution in [0, 0.1) is 11.8 Å². The maximum absolute atomic E-state index is 12.8. The molecule has 0 spiro atoms. The van der Waals surface area contributed by atoms with Crippen LogP contribution in [-0.4, -0.2) is 83.3 Å². The third-order valence-corrected chi connectivity index (χ3v) is 7.86. The van der Waals surface area contributed by atoms with Gasteiger partial charge in [0.2, 0.25) is 0 Å². The number of carbonyl (C=O) groups excluding carboxylic acids is 1. The molecule has 3 aliphatic heterocycles. The number of hydrogen-bond donors (Lipinski definition) is 0. The van der Waals surface area contributed by atoms with Crippen LogP contribution in [0.1, 0.15) is 6.92 Å². The number of fused-ring (bicyclic) bond motifs is 1. The van der Waals surface area contributed by atoms with E-state index in [1.807, 2.05) is 28.9 Å². The van der Waals surface area contributed by atoms with E-state index in [0.717, 1.165) is 31.9 Å². The van der Waals surface area contributed by atoms with Crippen molar-refractivity contribution in [1.82, 2.24) is 9.80 Å². The summed E-state index contributed by atoms with van der Waals surface area (Å²) in [5, 5.41) is 0. The van der Waals surface area contributed by atoms with E-state index in [4.69, 9.17) is 4.74 Å². The molecule has 148 valence electrons. The van der Waals surface area contributed by atoms with Gasteiger partial charge in [0.1, 0.15) is 5.75 Å². The summed E-state index contributed by atoms with van der Waals surface area (Å²) in [7, 11) is -1.96. The van der Waals surface area contributed by atoms with Crippen molar-refractivity contribution in [3.05, 3.63) is 24.3 Å². The third-order valence-electron chi connectivity index (χ3n) is 6.01. The zero-order valence-electron chi connectivity index (χ0n) is 16.0. The van der Waals surface area contributed by atoms with Crippen molar-refractivity contribution in [3.63, 3.8) is 0 Å². The van der Waals surface area contributed by atoms with Crippen LogP contribution in [0.4, 0.5) is 10.5 Å². The lowest BCUT2D eigenvalue weighted by Crippen LogP contribution is -2.49. The molecule has 0 unspecified atom stereocenters. The van der Waals surface area contributed by atoms with Gasteiger partial charge in [-0.3, -0.25) is 4.21 Å². The van der Waals surface area contributed by atoms with Gasteiger partial charge < -0.3 is 19.4 Å². The molecule has 6 nitrogen and oxygen atoms in total. The monoisotopic (exact) mass is 391 g/mol. The van der Waals surface area contributed by atoms with Crippen molar-refractivity contribution in [2.24, 2.45) is 11.8 Å². The fraction of sp³-hybridized carbons (Fsp3) is 0.600. The van der Waals surface area contributed by atoms with E-state index >= 15 is 0 Å². The summed E-state index contributed by atoms with van der Waals surface area (Å²) in [4.78, 5) is 19.1. The minimum atomic E-state index is -1.96. The highest BCUT2D eigenvalue weighted by Crippen LogP contribution is 2.35. The van der Waals surface area contributed by atoms with Gasteiger partial charge in [-0.1, -0.05) is 0 Å². The van der Waals surface area contributed by atoms with E-state index in [1.54, 1.807) is 0 Å². The number of nitrogens with zero attached hydrogens (tertiary/aromatic N) is 3. The highest BCUT2D eigenvalue weighted by Gasteiger charge is 2.42. The predicted molar refractivity (Wildman–Crippen MR) is 110 cm³/mol. The van der Waals surface area contributed by atoms with E-state index < -0.39 is 9.52 Å². The number of amides is 2. The molecule has 7 heteroatoms. The minimum absolute atomic E-state index is 0.118. The Labute approximate surface area is 162 Å². The standard InChI is InChI=1S/C20H29N3O3S/c1-3-26-19-6-4-18(5-7-19)22-12-16-14-23(15-17(16)13-22)20(24)21-8-10-27(2,25)11-9-21/h4-7,16-17H,2-3,8-15H2,1H3/t16-,17+. The van der Waals surface area contributed by atoms with Crippen molar-refractivity contribution in [1.29, 1.82) is 0 Å². The van der Waals surface area contributed by atoms with Crippen molar-refractivity contribution < 1.29 is 13.7 Å². The smallest absolute Gasteiger partial charge is 0.320 e. The van der Waals surface area contributed by atoms with Crippen molar-refractivity contribution in [2.75, 3.05) is 62.3 Å². The first kappa shape index (κ1) is 18.5. The number of hydrogen-bond acceptors (Lipinski definition) is 4. The lowest BCUT2D eigenvalue weighted by Gasteiger charge is -2.33. The molecule has 3 aliphatic rings. The molecule has 0 N–H and O–H groups in total. The van der Waals surface area contributed by atoms with E-state index in [0.29, 0.717) is 43.0 Å². The van der Waals surface area contributed by atoms with Gasteiger partial charge in [0.25, 0.3) is 0 Å². The van der Waals surface area contributed by atoms with E-state index in [9.17, 15) is 9.00 Å². The van der Waals surface area contributed by atoms with Gasteiger partial charge in [-0.2, -0.15) is 0 Å². The molecule has 0 aliphatic carbocycles. The Balaban J connectivity index is 1.32. The molecule has 0 radical (unpaired) electrons. The topological polar surface area (TPSA) is 53.1 Å². The Bertz CT molecular complexity index is 765. The molecule has 4 rings (SSSR count). The molecule has 0 aromatic heterocycles. The summed E-state index contributed by atoms with van der Waals surface area (Å²) >= 11 is 0. The first-order valence-electron chi connectivity index (χ1n) is 9.79. The number of carbonyl (C=O) groups is 1. The Morgan fingerprint density at radius 3 is 2.22 bits per heavy atom. The summed E-state index contributed by atoms with van der Waals surface area (Å²) in [6, 6.07) is 8.42. The molecule has 0 bridgehead atoms. The van der Waals surface area contributed by atoms with Crippen LogP contribution >= 0.6 is 0 Å². The highest BCUT2D eigenvalue weighted by atomic mass is 32.2. The molecule has 2 amide bonds. The van der Waals surface area contributed by atoms with Gasteiger partial charge in [-0.05, 0) is 46.6 Å². The van der Waals surface area contributed by atoms with E-state index in [-0.39, 0.29) is 6.03 Å². The van der Waals surface area contributed by atoms with Crippen molar-refractivity contribution in [3.8, 4) is 5.75 Å². The molecular weight excluding hydrogens is 362 g/mol. The van der Waals surface area contributed by atoms with Gasteiger partial charge in [0.05, 0.1) is 6.61 Å². The lowest BCUT2D eigenvalue weighted by molar-refractivity contribution is 0.164. The maximum atomic E-state index is 12.8. The molecule has 3 fully saturated rings. The molecule has 3 saturated heterocycles. The number of likely N-dealkylation sites (tertiary alicyclic amines) is 1. The first-order valence-corrected chi connectivity index (χ1v) is 11.9. The van der Waals surface area contributed by atoms with Crippen LogP contribution in [0.3, 0.4) is 0 Å². The van der Waals surface area contributed by atoms with Crippen LogP contribution in [0.25, 0.3) is 0 Å². The molecule has 1 aromatic rings. The quantitative estimate of drug-likeness (QED) is 0.735. The Morgan fingerprint density at radius 1 is 1.07 bits per heavy atom. The third kappa shape index (κ3) is 3.88. The van der Waals surface area contributed by atoms with Crippen LogP contribution in [0.2, 0.25) is 0 Å². The largest absolute Gasteiger partial charge is 0.494 e. The fourth-order valence-electron chi connectivity index (χ4n) is 4.44. The molecule has 27 heavy (non-hydrogen) atoms. The van der Waals surface area contributed by atoms with Gasteiger partial charge in [0, 0.05) is 68.3 Å². The average molecular weight is 392 g/mol. The van der Waals surface area contributed by atoms with Gasteiger partial charge in [-0.15, -0.1) is 0 Å². The number of ether oxygens (including phenoxy) is 1. The van der Waals surface area contributed by atoms with E-state index in [2.05, 4.69) is 22.9 Å². The highest BCUT2D eigenvalue weighted by molar-refractivity contribution is 8.00. The Kier molecular flexibility index (Phi) is 4.97. The van der Waals surface area contributed by atoms with E-state index in [1.165, 1.54) is 5.69 Å². The second-order valence-electron chi connectivity index (χ2n) is 7.90.